The number of ether oxygens (including phenoxy) is 1. The van der Waals surface area contributed by atoms with Gasteiger partial charge < -0.3 is 15.4 Å². The maximum absolute atomic E-state index is 12.9. The van der Waals surface area contributed by atoms with E-state index in [1.807, 2.05) is 0 Å². The van der Waals surface area contributed by atoms with Crippen molar-refractivity contribution in [2.24, 2.45) is 17.8 Å². The number of alkyl halides is 2. The molecule has 158 valence electrons. The number of halogens is 2. The lowest BCUT2D eigenvalue weighted by atomic mass is 9.77. The molecule has 2 aliphatic carbocycles. The smallest absolute Gasteiger partial charge is 0.326 e. The van der Waals surface area contributed by atoms with Crippen LogP contribution in [-0.2, 0) is 9.53 Å². The van der Waals surface area contributed by atoms with E-state index >= 15 is 0 Å². The molecule has 0 spiro atoms. The first-order valence-corrected chi connectivity index (χ1v) is 10.8. The van der Waals surface area contributed by atoms with E-state index in [0.29, 0.717) is 43.7 Å². The van der Waals surface area contributed by atoms with E-state index in [-0.39, 0.29) is 17.9 Å². The lowest BCUT2D eigenvalue weighted by Crippen LogP contribution is -2.39. The fourth-order valence-corrected chi connectivity index (χ4v) is 5.84. The summed E-state index contributed by atoms with van der Waals surface area (Å²) in [5, 5.41) is 6.46. The van der Waals surface area contributed by atoms with Crippen molar-refractivity contribution in [1.82, 2.24) is 15.5 Å². The summed E-state index contributed by atoms with van der Waals surface area (Å²) in [7, 11) is 0. The van der Waals surface area contributed by atoms with Crippen LogP contribution in [0.15, 0.2) is 0 Å². The van der Waals surface area contributed by atoms with Gasteiger partial charge >= 0.3 is 12.6 Å². The van der Waals surface area contributed by atoms with Crippen LogP contribution in [0.5, 0.6) is 0 Å². The number of urea groups is 1. The summed E-state index contributed by atoms with van der Waals surface area (Å²) in [6, 6.07) is -0.217. The van der Waals surface area contributed by atoms with Crippen LogP contribution in [0, 0.1) is 17.8 Å². The Morgan fingerprint density at radius 2 is 1.93 bits per heavy atom. The molecular formula is C20H31F2N3O3. The van der Waals surface area contributed by atoms with E-state index in [9.17, 15) is 18.4 Å². The number of hydrogen-bond acceptors (Lipinski definition) is 4. The Labute approximate surface area is 164 Å². The fraction of sp³-hybridized carbons (Fsp3) is 0.900. The molecule has 5 unspecified atom stereocenters. The lowest BCUT2D eigenvalue weighted by molar-refractivity contribution is -0.173. The van der Waals surface area contributed by atoms with E-state index in [1.165, 1.54) is 30.6 Å². The predicted octanol–water partition coefficient (Wildman–Crippen LogP) is 2.87. The Morgan fingerprint density at radius 3 is 2.75 bits per heavy atom. The van der Waals surface area contributed by atoms with Gasteiger partial charge in [0, 0.05) is 12.6 Å². The second-order valence-electron chi connectivity index (χ2n) is 8.96. The number of rotatable bonds is 6. The Morgan fingerprint density at radius 1 is 1.11 bits per heavy atom. The van der Waals surface area contributed by atoms with Crippen LogP contribution in [0.1, 0.15) is 57.8 Å². The molecule has 28 heavy (non-hydrogen) atoms. The highest BCUT2D eigenvalue weighted by Crippen LogP contribution is 2.37. The van der Waals surface area contributed by atoms with Crippen LogP contribution in [0.3, 0.4) is 0 Å². The van der Waals surface area contributed by atoms with Crippen molar-refractivity contribution in [3.8, 4) is 0 Å². The van der Waals surface area contributed by atoms with Crippen molar-refractivity contribution in [1.29, 1.82) is 0 Å². The molecule has 0 aromatic heterocycles. The maximum Gasteiger partial charge on any atom is 0.345 e. The number of carbonyl (C=O) groups is 2. The molecule has 0 radical (unpaired) electrons. The zero-order valence-electron chi connectivity index (χ0n) is 16.2. The van der Waals surface area contributed by atoms with E-state index in [4.69, 9.17) is 0 Å². The lowest BCUT2D eigenvalue weighted by Gasteiger charge is -2.31. The minimum absolute atomic E-state index is 0.0295. The molecule has 6 nitrogen and oxygen atoms in total. The SMILES string of the molecule is O=C1N[C@@H](CC2CNC3CCCCC23)C(=O)N1CC1CCCC(OC(F)F)C1. The highest BCUT2D eigenvalue weighted by Gasteiger charge is 2.44. The van der Waals surface area contributed by atoms with Crippen molar-refractivity contribution in [3.63, 3.8) is 0 Å². The van der Waals surface area contributed by atoms with Crippen LogP contribution in [0.2, 0.25) is 0 Å². The second kappa shape index (κ2) is 8.61. The largest absolute Gasteiger partial charge is 0.345 e. The minimum atomic E-state index is -2.77. The van der Waals surface area contributed by atoms with Crippen molar-refractivity contribution >= 4 is 11.9 Å². The van der Waals surface area contributed by atoms with Gasteiger partial charge in [0.05, 0.1) is 6.10 Å². The number of hydrogen-bond donors (Lipinski definition) is 2. The maximum atomic E-state index is 12.9. The summed E-state index contributed by atoms with van der Waals surface area (Å²) in [5.41, 5.74) is 0. The Kier molecular flexibility index (Phi) is 6.16. The summed E-state index contributed by atoms with van der Waals surface area (Å²) < 4.78 is 29.6. The Hall–Kier alpha value is -1.28. The van der Waals surface area contributed by atoms with Crippen LogP contribution in [-0.4, -0.2) is 54.7 Å². The summed E-state index contributed by atoms with van der Waals surface area (Å²) in [4.78, 5) is 26.6. The molecule has 2 N–H and O–H groups in total. The second-order valence-corrected chi connectivity index (χ2v) is 8.96. The predicted molar refractivity (Wildman–Crippen MR) is 98.7 cm³/mol. The zero-order valence-corrected chi connectivity index (χ0v) is 16.2. The van der Waals surface area contributed by atoms with Crippen LogP contribution in [0.4, 0.5) is 13.6 Å². The summed E-state index contributed by atoms with van der Waals surface area (Å²) in [6.07, 6.45) is 7.85. The zero-order chi connectivity index (χ0) is 19.7. The van der Waals surface area contributed by atoms with Gasteiger partial charge in [0.25, 0.3) is 5.91 Å². The molecule has 2 aliphatic heterocycles. The molecule has 0 bridgehead atoms. The number of imide groups is 1. The first kappa shape index (κ1) is 20.0. The molecule has 2 heterocycles. The van der Waals surface area contributed by atoms with Gasteiger partial charge in [-0.05, 0) is 62.8 Å². The third-order valence-corrected chi connectivity index (χ3v) is 7.18. The monoisotopic (exact) mass is 399 g/mol. The molecule has 6 atom stereocenters. The van der Waals surface area contributed by atoms with Gasteiger partial charge in [-0.3, -0.25) is 9.69 Å². The van der Waals surface area contributed by atoms with Crippen molar-refractivity contribution in [2.75, 3.05) is 13.1 Å². The number of carbonyl (C=O) groups excluding carboxylic acids is 2. The van der Waals surface area contributed by atoms with Gasteiger partial charge in [-0.1, -0.05) is 19.3 Å². The third kappa shape index (κ3) is 4.32. The van der Waals surface area contributed by atoms with Gasteiger partial charge in [0.2, 0.25) is 0 Å². The highest BCUT2D eigenvalue weighted by atomic mass is 19.3. The summed E-state index contributed by atoms with van der Waals surface area (Å²) in [5.74, 6) is 0.916. The third-order valence-electron chi connectivity index (χ3n) is 7.18. The van der Waals surface area contributed by atoms with Gasteiger partial charge in [-0.2, -0.15) is 8.78 Å². The molecule has 8 heteroatoms. The van der Waals surface area contributed by atoms with Crippen molar-refractivity contribution in [3.05, 3.63) is 0 Å². The van der Waals surface area contributed by atoms with Crippen molar-refractivity contribution in [2.45, 2.75) is 82.6 Å². The minimum Gasteiger partial charge on any atom is -0.326 e. The van der Waals surface area contributed by atoms with E-state index in [0.717, 1.165) is 19.4 Å². The summed E-state index contributed by atoms with van der Waals surface area (Å²) >= 11 is 0. The average Bonchev–Trinajstić information content (AvgIpc) is 3.18. The van der Waals surface area contributed by atoms with E-state index in [2.05, 4.69) is 15.4 Å². The molecule has 2 saturated carbocycles. The molecule has 4 fully saturated rings. The van der Waals surface area contributed by atoms with Crippen LogP contribution < -0.4 is 10.6 Å². The van der Waals surface area contributed by atoms with E-state index < -0.39 is 18.8 Å². The highest BCUT2D eigenvalue weighted by molar-refractivity contribution is 6.04. The average molecular weight is 399 g/mol. The van der Waals surface area contributed by atoms with Crippen LogP contribution in [0.25, 0.3) is 0 Å². The number of nitrogens with zero attached hydrogens (tertiary/aromatic N) is 1. The molecule has 3 amide bonds. The topological polar surface area (TPSA) is 70.7 Å². The molecule has 0 aromatic carbocycles. The normalized spacial score (nSPS) is 38.8. The summed E-state index contributed by atoms with van der Waals surface area (Å²) in [6.45, 7) is -1.54. The first-order chi connectivity index (χ1) is 13.5. The standard InChI is InChI=1S/C20H31F2N3O3/c21-19(22)28-14-5-3-4-12(8-14)11-25-18(26)17(24-20(25)27)9-13-10-23-16-7-2-1-6-15(13)16/h12-17,19,23H,1-11H2,(H,24,27)/t12?,13?,14?,15?,16?,17-/m0/s1. The number of fused-ring (bicyclic) bond motifs is 1. The number of amides is 3. The van der Waals surface area contributed by atoms with Gasteiger partial charge in [-0.25, -0.2) is 4.79 Å². The quantitative estimate of drug-likeness (QED) is 0.674. The van der Waals surface area contributed by atoms with Crippen LogP contribution >= 0.6 is 0 Å². The Bertz CT molecular complexity index is 591. The van der Waals surface area contributed by atoms with Crippen molar-refractivity contribution < 1.29 is 23.1 Å². The molecule has 4 aliphatic rings. The molecule has 0 aromatic rings. The molecule has 4 rings (SSSR count). The van der Waals surface area contributed by atoms with E-state index in [1.54, 1.807) is 0 Å². The first-order valence-electron chi connectivity index (χ1n) is 10.8. The molecule has 2 saturated heterocycles. The van der Waals surface area contributed by atoms with Gasteiger partial charge in [0.1, 0.15) is 6.04 Å². The number of nitrogens with one attached hydrogen (secondary N) is 2. The van der Waals surface area contributed by atoms with Gasteiger partial charge in [0.15, 0.2) is 0 Å². The Balaban J connectivity index is 1.31. The fourth-order valence-electron chi connectivity index (χ4n) is 5.84. The van der Waals surface area contributed by atoms with Gasteiger partial charge in [-0.15, -0.1) is 0 Å². The molecular weight excluding hydrogens is 368 g/mol.